The van der Waals surface area contributed by atoms with E-state index in [-0.39, 0.29) is 51.2 Å². The van der Waals surface area contributed by atoms with Gasteiger partial charge in [-0.05, 0) is 133 Å². The van der Waals surface area contributed by atoms with Gasteiger partial charge in [0.05, 0.1) is 29.3 Å². The summed E-state index contributed by atoms with van der Waals surface area (Å²) in [5, 5.41) is 13.2. The summed E-state index contributed by atoms with van der Waals surface area (Å²) in [6.07, 6.45) is -0.627. The molecule has 350 valence electrons. The molecule has 6 aromatic carbocycles. The van der Waals surface area contributed by atoms with Gasteiger partial charge in [-0.15, -0.1) is 0 Å². The first-order valence-electron chi connectivity index (χ1n) is 34.5. The van der Waals surface area contributed by atoms with Gasteiger partial charge in [-0.1, -0.05) is 188 Å². The molecule has 0 fully saturated rings. The lowest BCUT2D eigenvalue weighted by atomic mass is 9.79. The highest BCUT2D eigenvalue weighted by Crippen LogP contribution is 2.46. The molecule has 0 aliphatic heterocycles. The van der Waals surface area contributed by atoms with Crippen LogP contribution in [0.3, 0.4) is 0 Å². The maximum absolute atomic E-state index is 13.2. The highest BCUT2D eigenvalue weighted by atomic mass is 16.3. The molecule has 2 heterocycles. The van der Waals surface area contributed by atoms with Crippen LogP contribution in [-0.2, 0) is 28.0 Å². The number of imidazole rings is 1. The van der Waals surface area contributed by atoms with Crippen LogP contribution in [0.25, 0.3) is 72.7 Å². The van der Waals surface area contributed by atoms with E-state index in [1.165, 1.54) is 10.8 Å². The average Bonchev–Trinajstić information content (AvgIpc) is 0.787. The molecule has 0 radical (unpaired) electrons. The number of phenols is 1. The zero-order chi connectivity index (χ0) is 69.5. The molecule has 68 heavy (non-hydrogen) atoms. The molecule has 8 aromatic rings. The Hall–Kier alpha value is -6.26. The van der Waals surface area contributed by atoms with Gasteiger partial charge in [-0.25, -0.2) is 4.98 Å². The van der Waals surface area contributed by atoms with Gasteiger partial charge in [-0.2, -0.15) is 0 Å². The Balaban J connectivity index is 1.60. The normalized spacial score (nSPS) is 19.5. The number of phenolic OH excluding ortho intramolecular Hbond substituents is 1. The van der Waals surface area contributed by atoms with Crippen molar-refractivity contribution in [1.29, 1.82) is 0 Å². The predicted octanol–water partition coefficient (Wildman–Crippen LogP) is 17.5. The first-order chi connectivity index (χ1) is 41.6. The van der Waals surface area contributed by atoms with Gasteiger partial charge in [0, 0.05) is 60.0 Å². The van der Waals surface area contributed by atoms with Crippen molar-refractivity contribution in [2.24, 2.45) is 5.41 Å². The molecular weight excluding hydrogens is 827 g/mol. The third-order valence-electron chi connectivity index (χ3n) is 12.0. The molecule has 0 amide bonds. The maximum atomic E-state index is 13.2. The molecule has 8 rings (SSSR count). The molecule has 0 saturated carbocycles. The number of para-hydroxylation sites is 1. The number of aromatic nitrogens is 3. The lowest BCUT2D eigenvalue weighted by Crippen LogP contribution is -2.17. The van der Waals surface area contributed by atoms with E-state index in [9.17, 15) is 6.48 Å². The molecular formula is C64H73N3O. The van der Waals surface area contributed by atoms with Crippen molar-refractivity contribution in [2.75, 3.05) is 0 Å². The minimum absolute atomic E-state index is 0.0122. The number of fused-ring (bicyclic) bond motifs is 1. The zero-order valence-corrected chi connectivity index (χ0v) is 39.9. The summed E-state index contributed by atoms with van der Waals surface area (Å²) in [5.74, 6) is -1.93. The van der Waals surface area contributed by atoms with E-state index in [0.29, 0.717) is 45.0 Å². The Morgan fingerprint density at radius 2 is 1.22 bits per heavy atom. The van der Waals surface area contributed by atoms with Crippen LogP contribution in [0, 0.1) is 12.3 Å². The summed E-state index contributed by atoms with van der Waals surface area (Å²) < 4.78 is 214. The number of aryl methyl sites for hydroxylation is 1. The van der Waals surface area contributed by atoms with Crippen LogP contribution in [-0.4, -0.2) is 19.6 Å². The second-order valence-electron chi connectivity index (χ2n) is 20.7. The summed E-state index contributed by atoms with van der Waals surface area (Å²) in [4.78, 5) is 9.83. The van der Waals surface area contributed by atoms with Crippen LogP contribution >= 0.6 is 0 Å². The minimum atomic E-state index is -4.21. The van der Waals surface area contributed by atoms with Crippen LogP contribution in [0.15, 0.2) is 134 Å². The quantitative estimate of drug-likeness (QED) is 0.173. The molecule has 4 heteroatoms. The van der Waals surface area contributed by atoms with Crippen molar-refractivity contribution >= 4 is 11.0 Å². The molecule has 0 atom stereocenters. The van der Waals surface area contributed by atoms with Crippen molar-refractivity contribution in [3.8, 4) is 67.5 Å². The average molecular weight is 924 g/mol. The van der Waals surface area contributed by atoms with Crippen molar-refractivity contribution < 1.29 is 38.0 Å². The van der Waals surface area contributed by atoms with Crippen LogP contribution in [0.1, 0.15) is 170 Å². The van der Waals surface area contributed by atoms with Gasteiger partial charge in [0.25, 0.3) is 0 Å². The highest BCUT2D eigenvalue weighted by Gasteiger charge is 2.30. The van der Waals surface area contributed by atoms with Gasteiger partial charge < -0.3 is 5.11 Å². The smallest absolute Gasteiger partial charge is 0.149 e. The Kier molecular flexibility index (Phi) is 6.76. The molecule has 0 aliphatic rings. The monoisotopic (exact) mass is 924 g/mol. The van der Waals surface area contributed by atoms with E-state index in [1.54, 1.807) is 118 Å². The topological polar surface area (TPSA) is 50.9 Å². The first-order valence-corrected chi connectivity index (χ1v) is 22.5. The Bertz CT molecular complexity index is 4030. The fourth-order valence-corrected chi connectivity index (χ4v) is 8.40. The second kappa shape index (κ2) is 17.4. The molecule has 1 N–H and O–H groups in total. The Morgan fingerprint density at radius 1 is 0.574 bits per heavy atom. The third kappa shape index (κ3) is 9.84. The van der Waals surface area contributed by atoms with E-state index in [1.807, 2.05) is 53.7 Å². The summed E-state index contributed by atoms with van der Waals surface area (Å²) in [5.41, 5.74) is -9.56. The fourth-order valence-electron chi connectivity index (χ4n) is 8.40. The number of nitrogens with zero attached hydrogens (tertiary/aromatic N) is 3. The summed E-state index contributed by atoms with van der Waals surface area (Å²) in [7, 11) is 0. The van der Waals surface area contributed by atoms with Crippen LogP contribution in [0.2, 0.25) is 0 Å². The number of aromatic hydroxyl groups is 1. The number of hydrogen-bond acceptors (Lipinski definition) is 3. The Labute approximate surface area is 441 Å². The van der Waals surface area contributed by atoms with E-state index >= 15 is 0 Å². The molecule has 4 nitrogen and oxygen atoms in total. The maximum Gasteiger partial charge on any atom is 0.149 e. The first kappa shape index (κ1) is 26.5. The minimum Gasteiger partial charge on any atom is -0.507 e. The summed E-state index contributed by atoms with van der Waals surface area (Å²) in [6, 6.07) is 31.4. The van der Waals surface area contributed by atoms with Crippen molar-refractivity contribution in [3.05, 3.63) is 167 Å². The largest absolute Gasteiger partial charge is 0.507 e. The van der Waals surface area contributed by atoms with Crippen molar-refractivity contribution in [1.82, 2.24) is 14.5 Å². The standard InChI is InChI=1S/C64H73N3O/c1-40-39-65-54(37-50(40)43-27-25-41(26-28-43)38-60(2,3)4)45-31-44(32-47(33-45)62(8,9)10)49-23-20-24-56-57(49)66-59(52-35-48(63(11,12)13)36-53(58(52)68)64(14,15)16)67(56)55-30-29-46(61(5,6)7)34-51(55)42-21-18-17-19-22-42/h17-37,39,68H,38H2,1-16H3/i1D3,11D3,12D3,13D3,14D3,15D3,16D3,37D,38D2. The number of hydrogen-bond donors (Lipinski definition) is 1. The predicted molar refractivity (Wildman–Crippen MR) is 290 cm³/mol. The van der Waals surface area contributed by atoms with E-state index in [0.717, 1.165) is 5.56 Å². The van der Waals surface area contributed by atoms with Crippen LogP contribution < -0.4 is 0 Å². The van der Waals surface area contributed by atoms with E-state index in [2.05, 4.69) is 4.98 Å². The molecule has 0 bridgehead atoms. The van der Waals surface area contributed by atoms with Gasteiger partial charge in [0.2, 0.25) is 0 Å². The molecule has 0 spiro atoms. The fraction of sp³-hybridized carbons (Fsp3) is 0.344. The van der Waals surface area contributed by atoms with Crippen LogP contribution in [0.4, 0.5) is 0 Å². The summed E-state index contributed by atoms with van der Waals surface area (Å²) >= 11 is 0. The van der Waals surface area contributed by atoms with Gasteiger partial charge in [0.1, 0.15) is 11.6 Å². The lowest BCUT2D eigenvalue weighted by molar-refractivity contribution is 0.411. The molecule has 0 aliphatic carbocycles. The number of pyridine rings is 1. The van der Waals surface area contributed by atoms with E-state index < -0.39 is 110 Å². The van der Waals surface area contributed by atoms with E-state index in [4.69, 9.17) is 36.5 Å². The van der Waals surface area contributed by atoms with Crippen molar-refractivity contribution in [3.63, 3.8) is 0 Å². The van der Waals surface area contributed by atoms with Crippen LogP contribution in [0.5, 0.6) is 5.75 Å². The lowest BCUT2D eigenvalue weighted by Gasteiger charge is -2.28. The summed E-state index contributed by atoms with van der Waals surface area (Å²) in [6.45, 7) is -10.7. The van der Waals surface area contributed by atoms with Crippen molar-refractivity contribution in [2.45, 2.75) is 138 Å². The SMILES string of the molecule is [2H]c1c(-c2cc(-c3cccc4c3nc(-c3cc(C(C([2H])([2H])[2H])(C([2H])([2H])[2H])C([2H])([2H])[2H])cc(C(C([2H])([2H])[2H])(C([2H])([2H])[2H])C([2H])([2H])[2H])c3O)n4-c3ccc(C(C)(C)C)cc3-c3ccccc3)cc(C(C)(C)C)c2)ncc(C([2H])([2H])[2H])c1-c1ccc(C([2H])([2H])C(C)(C)C)cc1. The molecule has 0 saturated heterocycles. The number of benzene rings is 6. The molecule has 2 aromatic heterocycles. The zero-order valence-electron chi connectivity index (χ0n) is 63.9. The Morgan fingerprint density at radius 3 is 1.87 bits per heavy atom. The molecule has 0 unspecified atom stereocenters. The third-order valence-corrected chi connectivity index (χ3v) is 12.0. The van der Waals surface area contributed by atoms with Gasteiger partial charge >= 0.3 is 0 Å². The van der Waals surface area contributed by atoms with Gasteiger partial charge in [0.15, 0.2) is 0 Å². The highest BCUT2D eigenvalue weighted by molar-refractivity contribution is 5.98. The van der Waals surface area contributed by atoms with Gasteiger partial charge in [-0.3, -0.25) is 9.55 Å². The second-order valence-corrected chi connectivity index (χ2v) is 20.7. The number of rotatable bonds is 7.